The van der Waals surface area contributed by atoms with Gasteiger partial charge in [0.2, 0.25) is 0 Å². The van der Waals surface area contributed by atoms with E-state index in [2.05, 4.69) is 24.1 Å². The van der Waals surface area contributed by atoms with Crippen molar-refractivity contribution in [2.24, 2.45) is 13.0 Å². The van der Waals surface area contributed by atoms with E-state index in [-0.39, 0.29) is 17.5 Å². The molecule has 2 heterocycles. The summed E-state index contributed by atoms with van der Waals surface area (Å²) in [7, 11) is 1.66. The van der Waals surface area contributed by atoms with Crippen LogP contribution in [0.5, 0.6) is 0 Å². The Labute approximate surface area is 131 Å². The maximum Gasteiger partial charge on any atom is 0.251 e. The lowest BCUT2D eigenvalue weighted by atomic mass is 10.0. The number of amides is 1. The second kappa shape index (κ2) is 7.56. The number of nitrogens with zero attached hydrogens (tertiary/aromatic N) is 2. The molecule has 1 aromatic rings. The monoisotopic (exact) mass is 307 g/mol. The van der Waals surface area contributed by atoms with Crippen molar-refractivity contribution >= 4 is 5.91 Å². The first-order valence-electron chi connectivity index (χ1n) is 7.75. The van der Waals surface area contributed by atoms with E-state index in [0.717, 1.165) is 26.3 Å². The summed E-state index contributed by atoms with van der Waals surface area (Å²) in [4.78, 5) is 26.2. The predicted molar refractivity (Wildman–Crippen MR) is 85.0 cm³/mol. The van der Waals surface area contributed by atoms with Crippen LogP contribution < -0.4 is 10.9 Å². The second-order valence-corrected chi connectivity index (χ2v) is 6.03. The Kier molecular flexibility index (Phi) is 5.74. The van der Waals surface area contributed by atoms with Crippen LogP contribution in [0.1, 0.15) is 24.2 Å². The Morgan fingerprint density at radius 2 is 2.05 bits per heavy atom. The molecule has 1 amide bonds. The number of morpholine rings is 1. The lowest BCUT2D eigenvalue weighted by Crippen LogP contribution is -2.51. The molecule has 6 nitrogen and oxygen atoms in total. The van der Waals surface area contributed by atoms with Crippen molar-refractivity contribution in [2.45, 2.75) is 19.9 Å². The third-order valence-corrected chi connectivity index (χ3v) is 4.12. The number of aryl methyl sites for hydroxylation is 1. The van der Waals surface area contributed by atoms with Gasteiger partial charge in [0.1, 0.15) is 0 Å². The van der Waals surface area contributed by atoms with E-state index in [4.69, 9.17) is 4.74 Å². The molecule has 0 aliphatic carbocycles. The summed E-state index contributed by atoms with van der Waals surface area (Å²) < 4.78 is 6.83. The largest absolute Gasteiger partial charge is 0.379 e. The van der Waals surface area contributed by atoms with Crippen molar-refractivity contribution in [3.05, 3.63) is 34.2 Å². The van der Waals surface area contributed by atoms with Crippen molar-refractivity contribution in [2.75, 3.05) is 32.8 Å². The van der Waals surface area contributed by atoms with E-state index < -0.39 is 0 Å². The third kappa shape index (κ3) is 4.18. The van der Waals surface area contributed by atoms with Gasteiger partial charge in [0.25, 0.3) is 11.5 Å². The van der Waals surface area contributed by atoms with E-state index in [1.165, 1.54) is 10.6 Å². The van der Waals surface area contributed by atoms with Gasteiger partial charge in [-0.3, -0.25) is 14.5 Å². The molecule has 22 heavy (non-hydrogen) atoms. The van der Waals surface area contributed by atoms with Crippen molar-refractivity contribution in [1.82, 2.24) is 14.8 Å². The van der Waals surface area contributed by atoms with Crippen molar-refractivity contribution in [3.63, 3.8) is 0 Å². The SMILES string of the molecule is CC(C)C(CNC(=O)c1ccn(C)c(=O)c1)N1CCOCC1. The number of aromatic nitrogens is 1. The number of hydrogen-bond donors (Lipinski definition) is 1. The summed E-state index contributed by atoms with van der Waals surface area (Å²) in [6.07, 6.45) is 1.61. The molecule has 0 saturated carbocycles. The highest BCUT2D eigenvalue weighted by molar-refractivity contribution is 5.93. The first kappa shape index (κ1) is 16.7. The lowest BCUT2D eigenvalue weighted by Gasteiger charge is -2.36. The molecule has 1 saturated heterocycles. The quantitative estimate of drug-likeness (QED) is 0.859. The van der Waals surface area contributed by atoms with Crippen LogP contribution >= 0.6 is 0 Å². The molecule has 1 aliphatic heterocycles. The van der Waals surface area contributed by atoms with E-state index in [9.17, 15) is 9.59 Å². The minimum atomic E-state index is -0.198. The van der Waals surface area contributed by atoms with Crippen LogP contribution in [0.2, 0.25) is 0 Å². The predicted octanol–water partition coefficient (Wildman–Crippen LogP) is 0.472. The Bertz CT molecular complexity index is 562. The first-order chi connectivity index (χ1) is 10.5. The number of carbonyl (C=O) groups excluding carboxylic acids is 1. The second-order valence-electron chi connectivity index (χ2n) is 6.03. The highest BCUT2D eigenvalue weighted by atomic mass is 16.5. The van der Waals surface area contributed by atoms with Crippen LogP contribution in [-0.2, 0) is 11.8 Å². The average Bonchev–Trinajstić information content (AvgIpc) is 2.50. The van der Waals surface area contributed by atoms with Gasteiger partial charge in [-0.2, -0.15) is 0 Å². The Morgan fingerprint density at radius 1 is 1.36 bits per heavy atom. The van der Waals surface area contributed by atoms with Crippen molar-refractivity contribution in [3.8, 4) is 0 Å². The van der Waals surface area contributed by atoms with Gasteiger partial charge in [0, 0.05) is 50.6 Å². The zero-order valence-corrected chi connectivity index (χ0v) is 13.5. The summed E-state index contributed by atoms with van der Waals surface area (Å²) in [6, 6.07) is 3.31. The molecule has 1 N–H and O–H groups in total. The van der Waals surface area contributed by atoms with Gasteiger partial charge in [-0.05, 0) is 12.0 Å². The summed E-state index contributed by atoms with van der Waals surface area (Å²) in [5.74, 6) is 0.235. The third-order valence-electron chi connectivity index (χ3n) is 4.12. The van der Waals surface area contributed by atoms with Gasteiger partial charge in [0.15, 0.2) is 0 Å². The van der Waals surface area contributed by atoms with Gasteiger partial charge in [-0.25, -0.2) is 0 Å². The van der Waals surface area contributed by atoms with E-state index in [1.807, 2.05) is 0 Å². The summed E-state index contributed by atoms with van der Waals surface area (Å²) >= 11 is 0. The molecule has 0 bridgehead atoms. The highest BCUT2D eigenvalue weighted by Gasteiger charge is 2.24. The molecule has 6 heteroatoms. The topological polar surface area (TPSA) is 63.6 Å². The first-order valence-corrected chi connectivity index (χ1v) is 7.75. The molecule has 1 aromatic heterocycles. The van der Waals surface area contributed by atoms with Gasteiger partial charge in [-0.15, -0.1) is 0 Å². The molecule has 1 unspecified atom stereocenters. The molecular weight excluding hydrogens is 282 g/mol. The fourth-order valence-corrected chi connectivity index (χ4v) is 2.68. The molecule has 0 aromatic carbocycles. The summed E-state index contributed by atoms with van der Waals surface area (Å²) in [5, 5.41) is 2.95. The maximum absolute atomic E-state index is 12.2. The van der Waals surface area contributed by atoms with E-state index in [1.54, 1.807) is 19.3 Å². The van der Waals surface area contributed by atoms with Crippen molar-refractivity contribution < 1.29 is 9.53 Å². The number of nitrogens with one attached hydrogen (secondary N) is 1. The number of ether oxygens (including phenoxy) is 1. The Morgan fingerprint density at radius 3 is 2.64 bits per heavy atom. The van der Waals surface area contributed by atoms with Crippen LogP contribution in [0.4, 0.5) is 0 Å². The van der Waals surface area contributed by atoms with Gasteiger partial charge < -0.3 is 14.6 Å². The smallest absolute Gasteiger partial charge is 0.251 e. The van der Waals surface area contributed by atoms with Gasteiger partial charge >= 0.3 is 0 Å². The van der Waals surface area contributed by atoms with Crippen LogP contribution in [0.3, 0.4) is 0 Å². The Hall–Kier alpha value is -1.66. The van der Waals surface area contributed by atoms with Crippen LogP contribution in [0.25, 0.3) is 0 Å². The minimum absolute atomic E-state index is 0.179. The van der Waals surface area contributed by atoms with Crippen molar-refractivity contribution in [1.29, 1.82) is 0 Å². The summed E-state index contributed by atoms with van der Waals surface area (Å²) in [5.41, 5.74) is 0.230. The van der Waals surface area contributed by atoms with E-state index >= 15 is 0 Å². The number of pyridine rings is 1. The Balaban J connectivity index is 1.97. The molecule has 0 spiro atoms. The number of hydrogen-bond acceptors (Lipinski definition) is 4. The molecule has 1 atom stereocenters. The maximum atomic E-state index is 12.2. The standard InChI is InChI=1S/C16H25N3O3/c1-12(2)14(19-6-8-22-9-7-19)11-17-16(21)13-4-5-18(3)15(20)10-13/h4-5,10,12,14H,6-9,11H2,1-3H3,(H,17,21). The number of carbonyl (C=O) groups is 1. The molecule has 0 radical (unpaired) electrons. The fourth-order valence-electron chi connectivity index (χ4n) is 2.68. The zero-order chi connectivity index (χ0) is 16.1. The average molecular weight is 307 g/mol. The minimum Gasteiger partial charge on any atom is -0.379 e. The van der Waals surface area contributed by atoms with Crippen LogP contribution in [0, 0.1) is 5.92 Å². The molecular formula is C16H25N3O3. The molecule has 122 valence electrons. The van der Waals surface area contributed by atoms with Crippen LogP contribution in [-0.4, -0.2) is 54.3 Å². The van der Waals surface area contributed by atoms with E-state index in [0.29, 0.717) is 18.0 Å². The molecule has 1 fully saturated rings. The molecule has 2 rings (SSSR count). The van der Waals surface area contributed by atoms with Gasteiger partial charge in [-0.1, -0.05) is 13.8 Å². The fraction of sp³-hybridized carbons (Fsp3) is 0.625. The molecule has 1 aliphatic rings. The van der Waals surface area contributed by atoms with Gasteiger partial charge in [0.05, 0.1) is 13.2 Å². The van der Waals surface area contributed by atoms with Crippen LogP contribution in [0.15, 0.2) is 23.1 Å². The lowest BCUT2D eigenvalue weighted by molar-refractivity contribution is 0.00672. The normalized spacial score (nSPS) is 17.5. The number of rotatable bonds is 5. The summed E-state index contributed by atoms with van der Waals surface area (Å²) in [6.45, 7) is 8.16. The highest BCUT2D eigenvalue weighted by Crippen LogP contribution is 2.12. The zero-order valence-electron chi connectivity index (χ0n) is 13.5.